The zero-order chi connectivity index (χ0) is 25.9. The zero-order valence-electron chi connectivity index (χ0n) is 21.6. The first kappa shape index (κ1) is 23.4. The van der Waals surface area contributed by atoms with E-state index in [1.165, 1.54) is 0 Å². The number of aromatic amines is 1. The van der Waals surface area contributed by atoms with Crippen LogP contribution in [0.1, 0.15) is 37.6 Å². The van der Waals surface area contributed by atoms with Gasteiger partial charge in [0.25, 0.3) is 11.8 Å². The lowest BCUT2D eigenvalue weighted by atomic mass is 9.85. The number of fused-ring (bicyclic) bond motifs is 2. The van der Waals surface area contributed by atoms with Gasteiger partial charge in [-0.3, -0.25) is 14.9 Å². The molecular formula is C29H30N6O2. The molecule has 8 nitrogen and oxygen atoms in total. The minimum Gasteiger partial charge on any atom is -0.361 e. The maximum Gasteiger partial charge on any atom is 0.261 e. The lowest BCUT2D eigenvalue weighted by molar-refractivity contribution is -0.122. The number of nitrogens with zero attached hydrogens (tertiary/aromatic N) is 4. The number of anilines is 1. The van der Waals surface area contributed by atoms with Gasteiger partial charge in [0.05, 0.1) is 22.4 Å². The highest BCUT2D eigenvalue weighted by atomic mass is 16.2. The number of nitrogens with one attached hydrogen (secondary N) is 2. The third-order valence-electron chi connectivity index (χ3n) is 7.36. The summed E-state index contributed by atoms with van der Waals surface area (Å²) in [4.78, 5) is 44.2. The van der Waals surface area contributed by atoms with Crippen LogP contribution in [0.2, 0.25) is 0 Å². The number of amides is 2. The summed E-state index contributed by atoms with van der Waals surface area (Å²) >= 11 is 0. The molecular weight excluding hydrogens is 464 g/mol. The highest BCUT2D eigenvalue weighted by Gasteiger charge is 2.36. The Morgan fingerprint density at radius 2 is 1.59 bits per heavy atom. The van der Waals surface area contributed by atoms with Crippen LogP contribution in [-0.2, 0) is 15.0 Å². The molecule has 4 aromatic rings. The summed E-state index contributed by atoms with van der Waals surface area (Å²) in [6.45, 7) is 9.84. The van der Waals surface area contributed by atoms with E-state index in [0.717, 1.165) is 53.5 Å². The average molecular weight is 495 g/mol. The van der Waals surface area contributed by atoms with E-state index >= 15 is 0 Å². The van der Waals surface area contributed by atoms with Crippen molar-refractivity contribution >= 4 is 50.7 Å². The molecule has 2 aliphatic rings. The van der Waals surface area contributed by atoms with E-state index in [1.807, 2.05) is 30.3 Å². The number of para-hydroxylation sites is 1. The molecule has 2 aliphatic heterocycles. The Balaban J connectivity index is 1.64. The molecule has 2 amide bonds. The maximum absolute atomic E-state index is 13.4. The Kier molecular flexibility index (Phi) is 5.38. The van der Waals surface area contributed by atoms with Gasteiger partial charge in [-0.15, -0.1) is 0 Å². The number of likely N-dealkylation sites (N-methyl/N-ethyl adjacent to an activating group) is 1. The van der Waals surface area contributed by atoms with Crippen molar-refractivity contribution in [3.63, 3.8) is 0 Å². The monoisotopic (exact) mass is 494 g/mol. The molecule has 2 aromatic heterocycles. The second kappa shape index (κ2) is 8.52. The summed E-state index contributed by atoms with van der Waals surface area (Å²) in [5.41, 5.74) is 4.47. The molecule has 0 radical (unpaired) electrons. The van der Waals surface area contributed by atoms with Gasteiger partial charge in [0, 0.05) is 54.2 Å². The second-order valence-electron chi connectivity index (χ2n) is 10.9. The highest BCUT2D eigenvalue weighted by Crippen LogP contribution is 2.38. The second-order valence-corrected chi connectivity index (χ2v) is 10.9. The SMILES string of the molecule is CN1CCN(c2nc(C3=C(c4c[nH]c5ccccc45)C(=O)NC3=O)c3cc(C(C)(C)C)ccc3n2)CC1. The number of H-pyrrole nitrogens is 1. The summed E-state index contributed by atoms with van der Waals surface area (Å²) in [5, 5.41) is 4.18. The molecule has 188 valence electrons. The van der Waals surface area contributed by atoms with E-state index in [9.17, 15) is 9.59 Å². The normalized spacial score (nSPS) is 17.4. The van der Waals surface area contributed by atoms with Crippen molar-refractivity contribution in [2.24, 2.45) is 0 Å². The highest BCUT2D eigenvalue weighted by molar-refractivity contribution is 6.50. The number of hydrogen-bond donors (Lipinski definition) is 2. The molecule has 1 fully saturated rings. The molecule has 6 rings (SSSR count). The van der Waals surface area contributed by atoms with Crippen LogP contribution in [0.4, 0.5) is 5.95 Å². The van der Waals surface area contributed by atoms with Gasteiger partial charge < -0.3 is 14.8 Å². The van der Waals surface area contributed by atoms with E-state index in [-0.39, 0.29) is 5.41 Å². The molecule has 0 aliphatic carbocycles. The molecule has 2 N–H and O–H groups in total. The Morgan fingerprint density at radius 1 is 0.865 bits per heavy atom. The standard InChI is InChI=1S/C29H30N6O2/c1-29(2,3)17-9-10-22-19(15-17)25(32-28(31-22)35-13-11-34(4)12-14-35)24-23(26(36)33-27(24)37)20-16-30-21-8-6-5-7-18(20)21/h5-10,15-16,30H,11-14H2,1-4H3,(H,33,36,37). The molecule has 0 saturated carbocycles. The van der Waals surface area contributed by atoms with Crippen molar-refractivity contribution < 1.29 is 9.59 Å². The summed E-state index contributed by atoms with van der Waals surface area (Å²) < 4.78 is 0. The van der Waals surface area contributed by atoms with Gasteiger partial charge in [-0.1, -0.05) is 45.0 Å². The minimum atomic E-state index is -0.434. The number of imide groups is 1. The molecule has 1 saturated heterocycles. The first-order chi connectivity index (χ1) is 17.7. The van der Waals surface area contributed by atoms with Crippen molar-refractivity contribution in [3.05, 3.63) is 65.5 Å². The van der Waals surface area contributed by atoms with Gasteiger partial charge in [-0.25, -0.2) is 9.97 Å². The van der Waals surface area contributed by atoms with Gasteiger partial charge in [0.2, 0.25) is 5.95 Å². The fraction of sp³-hybridized carbons (Fsp3) is 0.310. The lowest BCUT2D eigenvalue weighted by Crippen LogP contribution is -2.45. The predicted molar refractivity (Wildman–Crippen MR) is 146 cm³/mol. The van der Waals surface area contributed by atoms with Crippen LogP contribution in [-0.4, -0.2) is 64.9 Å². The summed E-state index contributed by atoms with van der Waals surface area (Å²) in [7, 11) is 2.10. The molecule has 0 spiro atoms. The molecule has 37 heavy (non-hydrogen) atoms. The van der Waals surface area contributed by atoms with Crippen LogP contribution in [0.5, 0.6) is 0 Å². The van der Waals surface area contributed by atoms with Crippen molar-refractivity contribution in [3.8, 4) is 0 Å². The third-order valence-corrected chi connectivity index (χ3v) is 7.36. The van der Waals surface area contributed by atoms with E-state index in [0.29, 0.717) is 28.4 Å². The summed E-state index contributed by atoms with van der Waals surface area (Å²) in [5.74, 6) is -0.266. The van der Waals surface area contributed by atoms with Crippen molar-refractivity contribution in [1.82, 2.24) is 25.2 Å². The first-order valence-corrected chi connectivity index (χ1v) is 12.6. The number of rotatable bonds is 3. The molecule has 0 unspecified atom stereocenters. The summed E-state index contributed by atoms with van der Waals surface area (Å²) in [6.07, 6.45) is 1.80. The van der Waals surface area contributed by atoms with E-state index in [4.69, 9.17) is 9.97 Å². The average Bonchev–Trinajstić information content (AvgIpc) is 3.42. The topological polar surface area (TPSA) is 94.2 Å². The summed E-state index contributed by atoms with van der Waals surface area (Å²) in [6, 6.07) is 13.9. The van der Waals surface area contributed by atoms with Gasteiger partial charge >= 0.3 is 0 Å². The number of hydrogen-bond acceptors (Lipinski definition) is 6. The fourth-order valence-electron chi connectivity index (χ4n) is 5.14. The molecule has 2 aromatic carbocycles. The fourth-order valence-corrected chi connectivity index (χ4v) is 5.14. The van der Waals surface area contributed by atoms with E-state index < -0.39 is 11.8 Å². The Bertz CT molecular complexity index is 1600. The van der Waals surface area contributed by atoms with Crippen LogP contribution >= 0.6 is 0 Å². The predicted octanol–water partition coefficient (Wildman–Crippen LogP) is 3.73. The van der Waals surface area contributed by atoms with Crippen LogP contribution in [0.25, 0.3) is 33.0 Å². The van der Waals surface area contributed by atoms with Crippen LogP contribution in [0.3, 0.4) is 0 Å². The van der Waals surface area contributed by atoms with Crippen molar-refractivity contribution in [1.29, 1.82) is 0 Å². The quantitative estimate of drug-likeness (QED) is 0.422. The molecule has 0 atom stereocenters. The van der Waals surface area contributed by atoms with Crippen LogP contribution in [0, 0.1) is 0 Å². The maximum atomic E-state index is 13.4. The number of benzene rings is 2. The molecule has 8 heteroatoms. The first-order valence-electron chi connectivity index (χ1n) is 12.6. The number of piperazine rings is 1. The van der Waals surface area contributed by atoms with Crippen LogP contribution in [0.15, 0.2) is 48.7 Å². The van der Waals surface area contributed by atoms with Crippen molar-refractivity contribution in [2.45, 2.75) is 26.2 Å². The number of carbonyl (C=O) groups excluding carboxylic acids is 2. The van der Waals surface area contributed by atoms with Crippen LogP contribution < -0.4 is 10.2 Å². The lowest BCUT2D eigenvalue weighted by Gasteiger charge is -2.32. The molecule has 4 heterocycles. The van der Waals surface area contributed by atoms with E-state index in [2.05, 4.69) is 60.1 Å². The Morgan fingerprint density at radius 3 is 2.35 bits per heavy atom. The van der Waals surface area contributed by atoms with E-state index in [1.54, 1.807) is 6.20 Å². The van der Waals surface area contributed by atoms with Gasteiger partial charge in [0.1, 0.15) is 0 Å². The zero-order valence-corrected chi connectivity index (χ0v) is 21.6. The van der Waals surface area contributed by atoms with Gasteiger partial charge in [0.15, 0.2) is 0 Å². The Labute approximate surface area is 215 Å². The third kappa shape index (κ3) is 3.97. The smallest absolute Gasteiger partial charge is 0.261 e. The largest absolute Gasteiger partial charge is 0.361 e. The number of carbonyl (C=O) groups is 2. The Hall–Kier alpha value is -4.04. The van der Waals surface area contributed by atoms with Crippen molar-refractivity contribution in [2.75, 3.05) is 38.1 Å². The molecule has 0 bridgehead atoms. The number of aromatic nitrogens is 3. The minimum absolute atomic E-state index is 0.108. The van der Waals surface area contributed by atoms with Gasteiger partial charge in [-0.05, 0) is 36.2 Å². The van der Waals surface area contributed by atoms with Gasteiger partial charge in [-0.2, -0.15) is 0 Å².